The third-order valence-electron chi connectivity index (χ3n) is 13.3. The molecule has 0 radical (unpaired) electrons. The average Bonchev–Trinajstić information content (AvgIpc) is 3.35. The van der Waals surface area contributed by atoms with Crippen molar-refractivity contribution in [1.29, 1.82) is 0 Å². The molecule has 0 N–H and O–H groups in total. The Morgan fingerprint density at radius 1 is 0.290 bits per heavy atom. The van der Waals surface area contributed by atoms with E-state index in [-0.39, 0.29) is 31.1 Å². The van der Waals surface area contributed by atoms with E-state index in [1.54, 1.807) is 0 Å². The first kappa shape index (κ1) is 66.4. The number of allylic oxidation sites excluding steroid dienone is 8. The fraction of sp³-hybridized carbons (Fsp3) is 0.825. The highest BCUT2D eigenvalue weighted by molar-refractivity contribution is 5.71. The van der Waals surface area contributed by atoms with Crippen LogP contribution in [0.2, 0.25) is 0 Å². The molecule has 0 rings (SSSR count). The maximum Gasteiger partial charge on any atom is 0.306 e. The monoisotopic (exact) mass is 967 g/mol. The van der Waals surface area contributed by atoms with Gasteiger partial charge in [0, 0.05) is 19.3 Å². The molecule has 0 fully saturated rings. The summed E-state index contributed by atoms with van der Waals surface area (Å²) in [5.41, 5.74) is 0. The highest BCUT2D eigenvalue weighted by atomic mass is 16.6. The van der Waals surface area contributed by atoms with Crippen molar-refractivity contribution >= 4 is 17.9 Å². The van der Waals surface area contributed by atoms with Crippen molar-refractivity contribution in [3.63, 3.8) is 0 Å². The van der Waals surface area contributed by atoms with E-state index in [1.807, 2.05) is 0 Å². The Morgan fingerprint density at radius 2 is 0.522 bits per heavy atom. The van der Waals surface area contributed by atoms with Crippen LogP contribution in [-0.4, -0.2) is 37.2 Å². The molecule has 0 spiro atoms. The molecule has 1 atom stereocenters. The molecule has 1 unspecified atom stereocenters. The molecular formula is C63H114O6. The number of hydrogen-bond donors (Lipinski definition) is 0. The third kappa shape index (κ3) is 56.2. The topological polar surface area (TPSA) is 78.9 Å². The van der Waals surface area contributed by atoms with Crippen LogP contribution in [0.1, 0.15) is 316 Å². The van der Waals surface area contributed by atoms with Crippen molar-refractivity contribution in [2.24, 2.45) is 0 Å². The van der Waals surface area contributed by atoms with Crippen LogP contribution >= 0.6 is 0 Å². The van der Waals surface area contributed by atoms with E-state index in [1.165, 1.54) is 199 Å². The summed E-state index contributed by atoms with van der Waals surface area (Å²) in [6, 6.07) is 0. The Labute approximate surface area is 428 Å². The predicted molar refractivity (Wildman–Crippen MR) is 298 cm³/mol. The van der Waals surface area contributed by atoms with Gasteiger partial charge in [-0.2, -0.15) is 0 Å². The van der Waals surface area contributed by atoms with Crippen molar-refractivity contribution in [2.45, 2.75) is 322 Å². The fourth-order valence-corrected chi connectivity index (χ4v) is 8.74. The molecule has 0 aromatic rings. The number of esters is 3. The van der Waals surface area contributed by atoms with Crippen LogP contribution in [0.5, 0.6) is 0 Å². The lowest BCUT2D eigenvalue weighted by molar-refractivity contribution is -0.167. The first-order chi connectivity index (χ1) is 34.0. The minimum atomic E-state index is -0.774. The zero-order valence-corrected chi connectivity index (χ0v) is 46.1. The van der Waals surface area contributed by atoms with Gasteiger partial charge in [-0.1, -0.05) is 262 Å². The molecule has 69 heavy (non-hydrogen) atoms. The van der Waals surface area contributed by atoms with Crippen molar-refractivity contribution in [3.8, 4) is 0 Å². The number of carbonyl (C=O) groups excluding carboxylic acids is 3. The van der Waals surface area contributed by atoms with Crippen LogP contribution < -0.4 is 0 Å². The summed E-state index contributed by atoms with van der Waals surface area (Å²) >= 11 is 0. The zero-order valence-electron chi connectivity index (χ0n) is 46.1. The average molecular weight is 968 g/mol. The summed E-state index contributed by atoms with van der Waals surface area (Å²) in [6.45, 7) is 6.61. The highest BCUT2D eigenvalue weighted by Gasteiger charge is 2.19. The number of ether oxygens (including phenoxy) is 3. The second kappa shape index (κ2) is 57.9. The molecule has 0 saturated heterocycles. The second-order valence-electron chi connectivity index (χ2n) is 20.3. The minimum Gasteiger partial charge on any atom is -0.462 e. The van der Waals surface area contributed by atoms with E-state index in [4.69, 9.17) is 14.2 Å². The summed E-state index contributed by atoms with van der Waals surface area (Å²) in [6.07, 6.45) is 71.2. The first-order valence-electron chi connectivity index (χ1n) is 30.1. The molecule has 0 bridgehead atoms. The van der Waals surface area contributed by atoms with Gasteiger partial charge in [0.2, 0.25) is 0 Å². The maximum absolute atomic E-state index is 12.8. The van der Waals surface area contributed by atoms with E-state index in [0.29, 0.717) is 19.3 Å². The smallest absolute Gasteiger partial charge is 0.306 e. The first-order valence-corrected chi connectivity index (χ1v) is 30.1. The van der Waals surface area contributed by atoms with Crippen molar-refractivity contribution in [2.75, 3.05) is 13.2 Å². The molecule has 0 aliphatic carbocycles. The zero-order chi connectivity index (χ0) is 50.0. The van der Waals surface area contributed by atoms with Crippen LogP contribution in [0.25, 0.3) is 0 Å². The van der Waals surface area contributed by atoms with Gasteiger partial charge in [0.15, 0.2) is 6.10 Å². The molecular weight excluding hydrogens is 853 g/mol. The predicted octanol–water partition coefficient (Wildman–Crippen LogP) is 20.2. The van der Waals surface area contributed by atoms with Crippen molar-refractivity contribution < 1.29 is 28.6 Å². The van der Waals surface area contributed by atoms with Gasteiger partial charge in [-0.05, 0) is 83.5 Å². The van der Waals surface area contributed by atoms with Gasteiger partial charge in [0.25, 0.3) is 0 Å². The summed E-state index contributed by atoms with van der Waals surface area (Å²) in [5, 5.41) is 0. The van der Waals surface area contributed by atoms with Crippen LogP contribution in [0, 0.1) is 0 Å². The molecule has 0 aromatic heterocycles. The molecule has 6 nitrogen and oxygen atoms in total. The van der Waals surface area contributed by atoms with E-state index in [0.717, 1.165) is 77.0 Å². The molecule has 0 saturated carbocycles. The molecule has 0 heterocycles. The molecule has 0 aromatic carbocycles. The number of unbranched alkanes of at least 4 members (excludes halogenated alkanes) is 36. The molecule has 0 aliphatic rings. The summed E-state index contributed by atoms with van der Waals surface area (Å²) in [7, 11) is 0. The van der Waals surface area contributed by atoms with Gasteiger partial charge < -0.3 is 14.2 Å². The van der Waals surface area contributed by atoms with Gasteiger partial charge in [-0.3, -0.25) is 14.4 Å². The lowest BCUT2D eigenvalue weighted by Gasteiger charge is -2.18. The Kier molecular flexibility index (Phi) is 55.7. The molecule has 0 aliphatic heterocycles. The molecule has 0 amide bonds. The Bertz CT molecular complexity index is 1200. The Hall–Kier alpha value is -2.63. The minimum absolute atomic E-state index is 0.0736. The van der Waals surface area contributed by atoms with E-state index in [9.17, 15) is 14.4 Å². The Balaban J connectivity index is 4.19. The number of rotatable bonds is 55. The highest BCUT2D eigenvalue weighted by Crippen LogP contribution is 2.16. The largest absolute Gasteiger partial charge is 0.462 e. The van der Waals surface area contributed by atoms with E-state index < -0.39 is 6.10 Å². The van der Waals surface area contributed by atoms with Gasteiger partial charge in [0.05, 0.1) is 0 Å². The lowest BCUT2D eigenvalue weighted by atomic mass is 10.0. The van der Waals surface area contributed by atoms with Gasteiger partial charge in [-0.25, -0.2) is 0 Å². The van der Waals surface area contributed by atoms with E-state index in [2.05, 4.69) is 69.4 Å². The van der Waals surface area contributed by atoms with Gasteiger partial charge in [-0.15, -0.1) is 0 Å². The number of carbonyl (C=O) groups is 3. The van der Waals surface area contributed by atoms with Crippen molar-refractivity contribution in [1.82, 2.24) is 0 Å². The maximum atomic E-state index is 12.8. The number of hydrogen-bond acceptors (Lipinski definition) is 6. The summed E-state index contributed by atoms with van der Waals surface area (Å²) < 4.78 is 16.8. The normalized spacial score (nSPS) is 12.3. The summed E-state index contributed by atoms with van der Waals surface area (Å²) in [4.78, 5) is 38.1. The van der Waals surface area contributed by atoms with Crippen LogP contribution in [-0.2, 0) is 28.6 Å². The van der Waals surface area contributed by atoms with Crippen molar-refractivity contribution in [3.05, 3.63) is 48.6 Å². The lowest BCUT2D eigenvalue weighted by Crippen LogP contribution is -2.30. The summed E-state index contributed by atoms with van der Waals surface area (Å²) in [5.74, 6) is -0.870. The SMILES string of the molecule is CCCCC/C=C\C/C=C\CCCCCCCCCC(=O)OC(COC(=O)CCCCCCCCCCC)COC(=O)CCCCCCCCCCCCCCC/C=C\C/C=C\CCCCCCC. The Morgan fingerprint density at radius 3 is 0.826 bits per heavy atom. The van der Waals surface area contributed by atoms with Crippen LogP contribution in [0.15, 0.2) is 48.6 Å². The quantitative estimate of drug-likeness (QED) is 0.0262. The third-order valence-corrected chi connectivity index (χ3v) is 13.3. The van der Waals surface area contributed by atoms with Gasteiger partial charge in [0.1, 0.15) is 13.2 Å². The van der Waals surface area contributed by atoms with Crippen LogP contribution in [0.3, 0.4) is 0 Å². The molecule has 402 valence electrons. The fourth-order valence-electron chi connectivity index (χ4n) is 8.74. The van der Waals surface area contributed by atoms with Gasteiger partial charge >= 0.3 is 17.9 Å². The van der Waals surface area contributed by atoms with E-state index >= 15 is 0 Å². The van der Waals surface area contributed by atoms with Crippen LogP contribution in [0.4, 0.5) is 0 Å². The standard InChI is InChI=1S/C63H114O6/c1-4-7-10-13-16-19-21-23-25-27-28-29-30-31-32-33-34-36-37-39-41-44-47-50-53-56-62(65)68-59-60(58-67-61(64)55-52-49-46-43-18-15-12-9-6-3)69-63(66)57-54-51-48-45-42-40-38-35-26-24-22-20-17-14-11-8-5-2/h17,20-21,23-24,26-28,60H,4-16,18-19,22,25,29-59H2,1-3H3/b20-17-,23-21-,26-24-,28-27-. The second-order valence-corrected chi connectivity index (χ2v) is 20.3. The molecule has 6 heteroatoms.